The van der Waals surface area contributed by atoms with Crippen LogP contribution in [0.2, 0.25) is 0 Å². The number of likely N-dealkylation sites (tertiary alicyclic amines) is 1. The van der Waals surface area contributed by atoms with Crippen LogP contribution in [0, 0.1) is 5.92 Å². The summed E-state index contributed by atoms with van der Waals surface area (Å²) in [4.78, 5) is 6.90. The molecule has 0 aliphatic carbocycles. The Labute approximate surface area is 149 Å². The van der Waals surface area contributed by atoms with Gasteiger partial charge in [-0.1, -0.05) is 0 Å². The zero-order valence-corrected chi connectivity index (χ0v) is 15.6. The number of aliphatic imine (C=N–C) groups is 1. The second kappa shape index (κ2) is 8.74. The summed E-state index contributed by atoms with van der Waals surface area (Å²) in [6.45, 7) is 5.94. The molecule has 3 aliphatic heterocycles. The van der Waals surface area contributed by atoms with Crippen LogP contribution in [0.15, 0.2) is 4.99 Å². The number of hydrogen-bond acceptors (Lipinski definition) is 5. The van der Waals surface area contributed by atoms with E-state index in [1.165, 1.54) is 13.0 Å². The summed E-state index contributed by atoms with van der Waals surface area (Å²) in [5.41, 5.74) is -0.574. The van der Waals surface area contributed by atoms with Gasteiger partial charge in [0.25, 0.3) is 0 Å². The Morgan fingerprint density at radius 3 is 2.83 bits per heavy atom. The maximum absolute atomic E-state index is 10.4. The summed E-state index contributed by atoms with van der Waals surface area (Å²) in [7, 11) is 1.80. The van der Waals surface area contributed by atoms with E-state index in [2.05, 4.69) is 20.5 Å². The molecule has 0 bridgehead atoms. The van der Waals surface area contributed by atoms with Crippen LogP contribution in [0.5, 0.6) is 0 Å². The van der Waals surface area contributed by atoms with E-state index in [1.54, 1.807) is 7.05 Å². The van der Waals surface area contributed by atoms with E-state index in [-0.39, 0.29) is 0 Å². The van der Waals surface area contributed by atoms with E-state index in [0.717, 1.165) is 68.9 Å². The van der Waals surface area contributed by atoms with Crippen molar-refractivity contribution < 1.29 is 9.84 Å². The third-order valence-corrected chi connectivity index (χ3v) is 6.59. The Kier molecular flexibility index (Phi) is 6.66. The van der Waals surface area contributed by atoms with Crippen molar-refractivity contribution in [3.63, 3.8) is 0 Å². The lowest BCUT2D eigenvalue weighted by atomic mass is 10.0. The van der Waals surface area contributed by atoms with E-state index in [4.69, 9.17) is 4.74 Å². The summed E-state index contributed by atoms with van der Waals surface area (Å²) in [6, 6.07) is 0.472. The van der Waals surface area contributed by atoms with Gasteiger partial charge in [-0.05, 0) is 37.4 Å². The van der Waals surface area contributed by atoms with Crippen molar-refractivity contribution in [1.82, 2.24) is 15.5 Å². The fraction of sp³-hybridized carbons (Fsp3) is 0.941. The van der Waals surface area contributed by atoms with E-state index in [1.807, 2.05) is 11.8 Å². The van der Waals surface area contributed by atoms with E-state index >= 15 is 0 Å². The number of rotatable bonds is 5. The van der Waals surface area contributed by atoms with Crippen molar-refractivity contribution in [1.29, 1.82) is 0 Å². The molecule has 3 N–H and O–H groups in total. The molecular formula is C17H32N4O2S. The summed E-state index contributed by atoms with van der Waals surface area (Å²) in [6.07, 6.45) is 4.38. The van der Waals surface area contributed by atoms with Crippen molar-refractivity contribution in [3.8, 4) is 0 Å². The van der Waals surface area contributed by atoms with Gasteiger partial charge in [0.2, 0.25) is 0 Å². The predicted molar refractivity (Wildman–Crippen MR) is 99.8 cm³/mol. The molecule has 24 heavy (non-hydrogen) atoms. The molecule has 3 rings (SSSR count). The highest BCUT2D eigenvalue weighted by Gasteiger charge is 2.32. The molecule has 6 nitrogen and oxygen atoms in total. The first-order valence-electron chi connectivity index (χ1n) is 9.24. The van der Waals surface area contributed by atoms with Gasteiger partial charge in [-0.3, -0.25) is 4.99 Å². The number of hydrogen-bond donors (Lipinski definition) is 3. The van der Waals surface area contributed by atoms with Crippen LogP contribution in [0.25, 0.3) is 0 Å². The molecule has 0 aromatic heterocycles. The highest BCUT2D eigenvalue weighted by Crippen LogP contribution is 2.27. The van der Waals surface area contributed by atoms with Crippen molar-refractivity contribution in [3.05, 3.63) is 0 Å². The SMILES string of the molecule is CN=C(NCC1(O)CCSC1)NC1CCN(CC2CCOC2)CC1. The largest absolute Gasteiger partial charge is 0.387 e. The molecule has 3 heterocycles. The predicted octanol–water partition coefficient (Wildman–Crippen LogP) is 0.520. The Hall–Kier alpha value is -0.500. The Bertz CT molecular complexity index is 415. The van der Waals surface area contributed by atoms with Gasteiger partial charge in [-0.25, -0.2) is 0 Å². The van der Waals surface area contributed by atoms with Crippen molar-refractivity contribution in [2.24, 2.45) is 10.9 Å². The molecule has 3 aliphatic rings. The Balaban J connectivity index is 1.36. The number of nitrogens with one attached hydrogen (secondary N) is 2. The summed E-state index contributed by atoms with van der Waals surface area (Å²) in [5.74, 6) is 3.42. The fourth-order valence-corrected chi connectivity index (χ4v) is 5.02. The molecule has 0 aromatic carbocycles. The smallest absolute Gasteiger partial charge is 0.191 e. The highest BCUT2D eigenvalue weighted by molar-refractivity contribution is 7.99. The van der Waals surface area contributed by atoms with Crippen LogP contribution < -0.4 is 10.6 Å². The molecule has 0 amide bonds. The maximum atomic E-state index is 10.4. The molecule has 0 spiro atoms. The summed E-state index contributed by atoms with van der Waals surface area (Å²) >= 11 is 1.82. The zero-order valence-electron chi connectivity index (χ0n) is 14.8. The maximum Gasteiger partial charge on any atom is 0.191 e. The van der Waals surface area contributed by atoms with Crippen LogP contribution in [-0.2, 0) is 4.74 Å². The Morgan fingerprint density at radius 2 is 2.21 bits per heavy atom. The first-order valence-corrected chi connectivity index (χ1v) is 10.4. The van der Waals surface area contributed by atoms with Gasteiger partial charge in [0.15, 0.2) is 5.96 Å². The molecule has 0 radical (unpaired) electrons. The van der Waals surface area contributed by atoms with Crippen molar-refractivity contribution in [2.45, 2.75) is 37.3 Å². The first kappa shape index (κ1) is 18.3. The van der Waals surface area contributed by atoms with E-state index < -0.39 is 5.60 Å². The molecule has 0 aromatic rings. The number of nitrogens with zero attached hydrogens (tertiary/aromatic N) is 2. The van der Waals surface area contributed by atoms with E-state index in [0.29, 0.717) is 12.6 Å². The van der Waals surface area contributed by atoms with Gasteiger partial charge in [-0.2, -0.15) is 11.8 Å². The van der Waals surface area contributed by atoms with Crippen molar-refractivity contribution >= 4 is 17.7 Å². The molecule has 3 fully saturated rings. The number of piperidine rings is 1. The monoisotopic (exact) mass is 356 g/mol. The number of guanidine groups is 1. The van der Waals surface area contributed by atoms with Crippen LogP contribution in [-0.4, -0.2) is 85.6 Å². The van der Waals surface area contributed by atoms with E-state index in [9.17, 15) is 5.11 Å². The molecule has 2 atom stereocenters. The minimum atomic E-state index is -0.574. The summed E-state index contributed by atoms with van der Waals surface area (Å²) < 4.78 is 5.48. The topological polar surface area (TPSA) is 69.1 Å². The number of thioether (sulfide) groups is 1. The number of aliphatic hydroxyl groups is 1. The third kappa shape index (κ3) is 5.25. The van der Waals surface area contributed by atoms with Crippen LogP contribution in [0.1, 0.15) is 25.7 Å². The lowest BCUT2D eigenvalue weighted by Crippen LogP contribution is -2.52. The molecule has 3 saturated heterocycles. The molecular weight excluding hydrogens is 324 g/mol. The molecule has 0 saturated carbocycles. The molecule has 2 unspecified atom stereocenters. The van der Waals surface area contributed by atoms with Crippen LogP contribution in [0.3, 0.4) is 0 Å². The normalized spacial score (nSPS) is 33.1. The Morgan fingerprint density at radius 1 is 1.38 bits per heavy atom. The van der Waals surface area contributed by atoms with Gasteiger partial charge in [0.1, 0.15) is 0 Å². The minimum Gasteiger partial charge on any atom is -0.387 e. The lowest BCUT2D eigenvalue weighted by Gasteiger charge is -2.34. The first-order chi connectivity index (χ1) is 11.7. The second-order valence-electron chi connectivity index (χ2n) is 7.40. The van der Waals surface area contributed by atoms with Gasteiger partial charge in [0, 0.05) is 51.6 Å². The third-order valence-electron chi connectivity index (χ3n) is 5.36. The van der Waals surface area contributed by atoms with Crippen LogP contribution >= 0.6 is 11.8 Å². The molecule has 7 heteroatoms. The lowest BCUT2D eigenvalue weighted by molar-refractivity contribution is 0.0723. The van der Waals surface area contributed by atoms with Gasteiger partial charge in [-0.15, -0.1) is 0 Å². The van der Waals surface area contributed by atoms with Gasteiger partial charge >= 0.3 is 0 Å². The van der Waals surface area contributed by atoms with Gasteiger partial charge < -0.3 is 25.4 Å². The average molecular weight is 357 g/mol. The van der Waals surface area contributed by atoms with Gasteiger partial charge in [0.05, 0.1) is 12.2 Å². The highest BCUT2D eigenvalue weighted by atomic mass is 32.2. The minimum absolute atomic E-state index is 0.472. The second-order valence-corrected chi connectivity index (χ2v) is 8.51. The van der Waals surface area contributed by atoms with Crippen molar-refractivity contribution in [2.75, 3.05) is 57.9 Å². The standard InChI is InChI=1S/C17H32N4O2S/c1-18-16(19-12-17(22)5-9-24-13-17)20-15-2-6-21(7-3-15)10-14-4-8-23-11-14/h14-15,22H,2-13H2,1H3,(H2,18,19,20). The quantitative estimate of drug-likeness (QED) is 0.493. The summed E-state index contributed by atoms with van der Waals surface area (Å²) in [5, 5.41) is 17.3. The average Bonchev–Trinajstić information content (AvgIpc) is 3.25. The molecule has 138 valence electrons. The number of ether oxygens (including phenoxy) is 1. The zero-order chi connectivity index (χ0) is 16.8. The van der Waals surface area contributed by atoms with Crippen LogP contribution in [0.4, 0.5) is 0 Å². The fourth-order valence-electron chi connectivity index (χ4n) is 3.72.